The number of hydrogen-bond acceptors (Lipinski definition) is 8. The summed E-state index contributed by atoms with van der Waals surface area (Å²) in [6, 6.07) is 6.50. The van der Waals surface area contributed by atoms with E-state index in [1.165, 1.54) is 23.1 Å². The number of aromatic nitrogens is 2. The molecular weight excluding hydrogens is 402 g/mol. The Labute approximate surface area is 168 Å². The molecule has 3 heterocycles. The summed E-state index contributed by atoms with van der Waals surface area (Å²) < 4.78 is 6.34. The van der Waals surface area contributed by atoms with Gasteiger partial charge in [0.1, 0.15) is 12.3 Å². The fourth-order valence-corrected chi connectivity index (χ4v) is 4.93. The number of amides is 4. The fourth-order valence-electron chi connectivity index (χ4n) is 3.26. The molecule has 2 N–H and O–H groups in total. The molecule has 1 spiro atoms. The minimum atomic E-state index is -1.19. The van der Waals surface area contributed by atoms with Gasteiger partial charge in [0.05, 0.1) is 6.61 Å². The van der Waals surface area contributed by atoms with Gasteiger partial charge in [-0.3, -0.25) is 19.8 Å². The second-order valence-corrected chi connectivity index (χ2v) is 8.66. The van der Waals surface area contributed by atoms with Gasteiger partial charge in [-0.15, -0.1) is 10.2 Å². The van der Waals surface area contributed by atoms with Gasteiger partial charge in [-0.1, -0.05) is 48.2 Å². The number of imide groups is 1. The quantitative estimate of drug-likeness (QED) is 0.432. The van der Waals surface area contributed by atoms with E-state index in [1.807, 2.05) is 6.92 Å². The highest BCUT2D eigenvalue weighted by molar-refractivity contribution is 8.01. The van der Waals surface area contributed by atoms with Gasteiger partial charge in [0.25, 0.3) is 5.91 Å². The van der Waals surface area contributed by atoms with Crippen LogP contribution < -0.4 is 15.4 Å². The van der Waals surface area contributed by atoms with Crippen LogP contribution in [0.2, 0.25) is 0 Å². The van der Waals surface area contributed by atoms with Crippen molar-refractivity contribution in [2.24, 2.45) is 0 Å². The van der Waals surface area contributed by atoms with Gasteiger partial charge < -0.3 is 10.1 Å². The van der Waals surface area contributed by atoms with E-state index in [0.717, 1.165) is 15.0 Å². The number of hydrogen-bond donors (Lipinski definition) is 2. The maximum Gasteiger partial charge on any atom is 0.325 e. The summed E-state index contributed by atoms with van der Waals surface area (Å²) in [5, 5.41) is 13.5. The fraction of sp³-hybridized carbons (Fsp3) is 0.353. The summed E-state index contributed by atoms with van der Waals surface area (Å²) in [7, 11) is 0. The van der Waals surface area contributed by atoms with Crippen LogP contribution in [0.25, 0.3) is 0 Å². The van der Waals surface area contributed by atoms with Crippen LogP contribution in [-0.4, -0.2) is 51.8 Å². The molecule has 0 aliphatic carbocycles. The van der Waals surface area contributed by atoms with E-state index in [0.29, 0.717) is 29.5 Å². The average Bonchev–Trinajstić information content (AvgIpc) is 3.21. The average molecular weight is 419 g/mol. The molecule has 1 fully saturated rings. The molecule has 2 aliphatic rings. The number of rotatable bonds is 5. The summed E-state index contributed by atoms with van der Waals surface area (Å²) >= 11 is 2.76. The molecule has 28 heavy (non-hydrogen) atoms. The molecule has 0 saturated carbocycles. The van der Waals surface area contributed by atoms with Gasteiger partial charge in [-0.2, -0.15) is 0 Å². The highest BCUT2D eigenvalue weighted by atomic mass is 32.2. The first-order valence-corrected chi connectivity index (χ1v) is 10.5. The number of nitrogens with one attached hydrogen (secondary N) is 2. The Balaban J connectivity index is 1.50. The highest BCUT2D eigenvalue weighted by Crippen LogP contribution is 2.40. The third kappa shape index (κ3) is 3.20. The van der Waals surface area contributed by atoms with E-state index in [2.05, 4.69) is 20.8 Å². The summed E-state index contributed by atoms with van der Waals surface area (Å²) in [5.74, 6) is 0.440. The smallest absolute Gasteiger partial charge is 0.325 e. The minimum absolute atomic E-state index is 0.297. The SMILES string of the molecule is CCSc1nnc(NC(=O)CN2C(=O)N[C@@]3(CCOc4ccccc43)C2=O)s1. The number of urea groups is 1. The van der Waals surface area contributed by atoms with Crippen molar-refractivity contribution in [2.75, 3.05) is 24.2 Å². The van der Waals surface area contributed by atoms with Crippen molar-refractivity contribution in [2.45, 2.75) is 23.2 Å². The lowest BCUT2D eigenvalue weighted by Gasteiger charge is -2.33. The second-order valence-electron chi connectivity index (χ2n) is 6.18. The normalized spacial score (nSPS) is 20.7. The predicted octanol–water partition coefficient (Wildman–Crippen LogP) is 1.82. The Morgan fingerprint density at radius 2 is 2.21 bits per heavy atom. The maximum absolute atomic E-state index is 13.1. The van der Waals surface area contributed by atoms with Crippen molar-refractivity contribution in [3.63, 3.8) is 0 Å². The van der Waals surface area contributed by atoms with Gasteiger partial charge in [-0.05, 0) is 11.8 Å². The van der Waals surface area contributed by atoms with E-state index < -0.39 is 29.9 Å². The third-order valence-corrected chi connectivity index (χ3v) is 6.33. The summed E-state index contributed by atoms with van der Waals surface area (Å²) in [5.41, 5.74) is -0.590. The number of benzene rings is 1. The number of carbonyl (C=O) groups excluding carboxylic acids is 3. The van der Waals surface area contributed by atoms with Crippen molar-refractivity contribution in [3.8, 4) is 5.75 Å². The molecule has 2 aliphatic heterocycles. The van der Waals surface area contributed by atoms with Gasteiger partial charge in [0.2, 0.25) is 11.0 Å². The number of nitrogens with zero attached hydrogens (tertiary/aromatic N) is 3. The zero-order valence-corrected chi connectivity index (χ0v) is 16.6. The number of ether oxygens (including phenoxy) is 1. The molecule has 1 saturated heterocycles. The number of thioether (sulfide) groups is 1. The van der Waals surface area contributed by atoms with E-state index >= 15 is 0 Å². The molecule has 1 aromatic heterocycles. The molecule has 1 aromatic carbocycles. The minimum Gasteiger partial charge on any atom is -0.493 e. The lowest BCUT2D eigenvalue weighted by atomic mass is 9.84. The lowest BCUT2D eigenvalue weighted by molar-refractivity contribution is -0.135. The standard InChI is InChI=1S/C17H17N5O4S2/c1-2-27-16-21-20-14(28-16)18-12(23)9-22-13(24)17(19-15(22)25)7-8-26-11-6-4-3-5-10(11)17/h3-6H,2,7-9H2,1H3,(H,19,25)(H,18,20,23)/t17-/m1/s1. The molecule has 0 unspecified atom stereocenters. The molecule has 4 rings (SSSR count). The van der Waals surface area contributed by atoms with E-state index in [4.69, 9.17) is 4.74 Å². The second kappa shape index (κ2) is 7.40. The molecule has 0 radical (unpaired) electrons. The van der Waals surface area contributed by atoms with Crippen LogP contribution in [0.4, 0.5) is 9.93 Å². The molecule has 9 nitrogen and oxygen atoms in total. The van der Waals surface area contributed by atoms with Gasteiger partial charge in [0.15, 0.2) is 9.88 Å². The van der Waals surface area contributed by atoms with E-state index in [-0.39, 0.29) is 0 Å². The third-order valence-electron chi connectivity index (χ3n) is 4.48. The zero-order chi connectivity index (χ0) is 19.7. The largest absolute Gasteiger partial charge is 0.493 e. The van der Waals surface area contributed by atoms with Crippen LogP contribution in [0.1, 0.15) is 18.9 Å². The summed E-state index contributed by atoms with van der Waals surface area (Å²) in [4.78, 5) is 38.9. The van der Waals surface area contributed by atoms with Crippen LogP contribution in [0, 0.1) is 0 Å². The Kier molecular flexibility index (Phi) is 4.94. The molecule has 1 atom stereocenters. The molecule has 0 bridgehead atoms. The topological polar surface area (TPSA) is 114 Å². The van der Waals surface area contributed by atoms with Crippen LogP contribution in [0.3, 0.4) is 0 Å². The predicted molar refractivity (Wildman–Crippen MR) is 103 cm³/mol. The first-order valence-electron chi connectivity index (χ1n) is 8.66. The zero-order valence-electron chi connectivity index (χ0n) is 14.9. The molecular formula is C17H17N5O4S2. The van der Waals surface area contributed by atoms with Crippen molar-refractivity contribution >= 4 is 46.1 Å². The molecule has 11 heteroatoms. The van der Waals surface area contributed by atoms with E-state index in [1.54, 1.807) is 24.3 Å². The highest BCUT2D eigenvalue weighted by Gasteiger charge is 2.55. The Hall–Kier alpha value is -2.66. The van der Waals surface area contributed by atoms with Crippen LogP contribution in [-0.2, 0) is 15.1 Å². The summed E-state index contributed by atoms with van der Waals surface area (Å²) in [6.45, 7) is 1.89. The van der Waals surface area contributed by atoms with E-state index in [9.17, 15) is 14.4 Å². The van der Waals surface area contributed by atoms with Crippen molar-refractivity contribution < 1.29 is 19.1 Å². The van der Waals surface area contributed by atoms with Gasteiger partial charge >= 0.3 is 6.03 Å². The van der Waals surface area contributed by atoms with Crippen molar-refractivity contribution in [3.05, 3.63) is 29.8 Å². The first kappa shape index (κ1) is 18.7. The maximum atomic E-state index is 13.1. The monoisotopic (exact) mass is 419 g/mol. The lowest BCUT2D eigenvalue weighted by Crippen LogP contribution is -2.48. The van der Waals surface area contributed by atoms with Gasteiger partial charge in [0, 0.05) is 12.0 Å². The summed E-state index contributed by atoms with van der Waals surface area (Å²) in [6.07, 6.45) is 0.306. The van der Waals surface area contributed by atoms with Crippen LogP contribution >= 0.6 is 23.1 Å². The molecule has 146 valence electrons. The molecule has 2 aromatic rings. The van der Waals surface area contributed by atoms with Gasteiger partial charge in [-0.25, -0.2) is 4.79 Å². The number of fused-ring (bicyclic) bond motifs is 2. The Morgan fingerprint density at radius 3 is 3.04 bits per heavy atom. The van der Waals surface area contributed by atoms with Crippen molar-refractivity contribution in [1.29, 1.82) is 0 Å². The number of anilines is 1. The van der Waals surface area contributed by atoms with Crippen molar-refractivity contribution in [1.82, 2.24) is 20.4 Å². The Morgan fingerprint density at radius 1 is 1.39 bits per heavy atom. The number of carbonyl (C=O) groups is 3. The van der Waals surface area contributed by atoms with Crippen LogP contribution in [0.5, 0.6) is 5.75 Å². The number of para-hydroxylation sites is 1. The molecule has 4 amide bonds. The van der Waals surface area contributed by atoms with Crippen LogP contribution in [0.15, 0.2) is 28.6 Å². The Bertz CT molecular complexity index is 949. The first-order chi connectivity index (χ1) is 13.5.